The maximum absolute atomic E-state index is 13.0. The molecular weight excluding hydrogens is 432 g/mol. The van der Waals surface area contributed by atoms with E-state index in [4.69, 9.17) is 4.74 Å². The summed E-state index contributed by atoms with van der Waals surface area (Å²) in [6.45, 7) is 9.03. The van der Waals surface area contributed by atoms with Crippen molar-refractivity contribution < 1.29 is 9.53 Å². The van der Waals surface area contributed by atoms with Crippen molar-refractivity contribution in [2.45, 2.75) is 39.7 Å². The van der Waals surface area contributed by atoms with Gasteiger partial charge in [0, 0.05) is 31.2 Å². The Morgan fingerprint density at radius 3 is 2.48 bits per heavy atom. The number of carbonyl (C=O) groups excluding carboxylic acids is 1. The Balaban J connectivity index is 0.00000306. The van der Waals surface area contributed by atoms with Crippen LogP contribution in [0.25, 0.3) is 10.8 Å². The van der Waals surface area contributed by atoms with Gasteiger partial charge in [0.2, 0.25) is 0 Å². The van der Waals surface area contributed by atoms with Crippen LogP contribution < -0.4 is 4.74 Å². The molecule has 4 rings (SSSR count). The average Bonchev–Trinajstić information content (AvgIpc) is 2.80. The van der Waals surface area contributed by atoms with Gasteiger partial charge in [0.05, 0.1) is 7.11 Å². The molecule has 1 amide bonds. The fraction of sp³-hybridized carbons (Fsp3) is 0.393. The molecule has 0 aliphatic carbocycles. The number of benzene rings is 3. The van der Waals surface area contributed by atoms with Crippen molar-refractivity contribution in [1.29, 1.82) is 0 Å². The molecule has 0 fully saturated rings. The highest BCUT2D eigenvalue weighted by atomic mass is 35.5. The van der Waals surface area contributed by atoms with E-state index in [2.05, 4.69) is 75.2 Å². The molecule has 0 N–H and O–H groups in total. The molecule has 4 nitrogen and oxygen atoms in total. The monoisotopic (exact) mass is 466 g/mol. The van der Waals surface area contributed by atoms with Crippen molar-refractivity contribution in [2.24, 2.45) is 0 Å². The molecule has 3 aromatic rings. The van der Waals surface area contributed by atoms with Crippen LogP contribution in [0.5, 0.6) is 5.75 Å². The first-order valence-electron chi connectivity index (χ1n) is 11.5. The number of fused-ring (bicyclic) bond motifs is 2. The number of amides is 1. The lowest BCUT2D eigenvalue weighted by molar-refractivity contribution is 0.0731. The van der Waals surface area contributed by atoms with Crippen LogP contribution >= 0.6 is 12.4 Å². The zero-order valence-corrected chi connectivity index (χ0v) is 21.2. The number of hydrogen-bond donors (Lipinski definition) is 0. The molecular formula is C28H35ClN2O2. The van der Waals surface area contributed by atoms with Crippen molar-refractivity contribution in [3.8, 4) is 5.75 Å². The summed E-state index contributed by atoms with van der Waals surface area (Å²) in [6, 6.07) is 17.4. The number of carbonyl (C=O) groups is 1. The minimum Gasteiger partial charge on any atom is -0.497 e. The van der Waals surface area contributed by atoms with Crippen LogP contribution in [0.4, 0.5) is 0 Å². The van der Waals surface area contributed by atoms with Gasteiger partial charge < -0.3 is 9.64 Å². The summed E-state index contributed by atoms with van der Waals surface area (Å²) in [7, 11) is 3.87. The number of aryl methyl sites for hydroxylation is 2. The van der Waals surface area contributed by atoms with Crippen molar-refractivity contribution >= 4 is 29.1 Å². The van der Waals surface area contributed by atoms with Gasteiger partial charge in [-0.2, -0.15) is 0 Å². The summed E-state index contributed by atoms with van der Waals surface area (Å²) in [5.41, 5.74) is 5.87. The lowest BCUT2D eigenvalue weighted by Crippen LogP contribution is -2.39. The fourth-order valence-electron chi connectivity index (χ4n) is 4.61. The van der Waals surface area contributed by atoms with Gasteiger partial charge >= 0.3 is 0 Å². The van der Waals surface area contributed by atoms with Crippen LogP contribution in [0.15, 0.2) is 48.5 Å². The number of ether oxygens (including phenoxy) is 1. The second kappa shape index (κ2) is 10.6. The summed E-state index contributed by atoms with van der Waals surface area (Å²) in [5.74, 6) is 1.07. The molecule has 0 bridgehead atoms. The minimum atomic E-state index is 0. The molecule has 33 heavy (non-hydrogen) atoms. The number of rotatable bonds is 7. The van der Waals surface area contributed by atoms with Crippen LogP contribution in [0.2, 0.25) is 0 Å². The molecule has 0 saturated heterocycles. The molecule has 0 spiro atoms. The molecule has 1 atom stereocenters. The second-order valence-corrected chi connectivity index (χ2v) is 9.12. The molecule has 176 valence electrons. The highest BCUT2D eigenvalue weighted by Gasteiger charge is 2.24. The van der Waals surface area contributed by atoms with E-state index in [1.165, 1.54) is 33.0 Å². The first kappa shape index (κ1) is 25.1. The Labute approximate surface area is 203 Å². The van der Waals surface area contributed by atoms with E-state index in [9.17, 15) is 4.79 Å². The van der Waals surface area contributed by atoms with Gasteiger partial charge in [0.25, 0.3) is 5.91 Å². The van der Waals surface area contributed by atoms with E-state index < -0.39 is 0 Å². The van der Waals surface area contributed by atoms with Gasteiger partial charge in [-0.25, -0.2) is 0 Å². The topological polar surface area (TPSA) is 32.8 Å². The van der Waals surface area contributed by atoms with E-state index in [1.807, 2.05) is 11.0 Å². The summed E-state index contributed by atoms with van der Waals surface area (Å²) < 4.78 is 5.33. The first-order chi connectivity index (χ1) is 15.4. The average molecular weight is 467 g/mol. The van der Waals surface area contributed by atoms with E-state index in [-0.39, 0.29) is 18.3 Å². The first-order valence-corrected chi connectivity index (χ1v) is 11.5. The standard InChI is InChI=1S/C28H34N2O2.ClH/c1-19-15-25-11-14-30(28(31)27(25)16-20(19)2)13-6-12-29(4)21(3)22-7-8-24-18-26(32-5)10-9-23(24)17-22;/h7-10,15-18,21H,6,11-14H2,1-5H3;1H. The Bertz CT molecular complexity index is 1140. The molecule has 1 heterocycles. The molecule has 0 saturated carbocycles. The van der Waals surface area contributed by atoms with E-state index in [1.54, 1.807) is 7.11 Å². The van der Waals surface area contributed by atoms with Gasteiger partial charge in [-0.3, -0.25) is 9.69 Å². The normalized spacial score (nSPS) is 14.2. The molecule has 5 heteroatoms. The summed E-state index contributed by atoms with van der Waals surface area (Å²) in [6.07, 6.45) is 1.92. The van der Waals surface area contributed by atoms with Gasteiger partial charge in [0.1, 0.15) is 5.75 Å². The Kier molecular flexibility index (Phi) is 8.04. The maximum atomic E-state index is 13.0. The third-order valence-corrected chi connectivity index (χ3v) is 7.04. The Morgan fingerprint density at radius 2 is 1.73 bits per heavy atom. The van der Waals surface area contributed by atoms with Gasteiger partial charge in [-0.05, 0) is 98.0 Å². The second-order valence-electron chi connectivity index (χ2n) is 9.12. The quantitative estimate of drug-likeness (QED) is 0.430. The predicted molar refractivity (Wildman–Crippen MR) is 139 cm³/mol. The molecule has 0 aromatic heterocycles. The fourth-order valence-corrected chi connectivity index (χ4v) is 4.61. The van der Waals surface area contributed by atoms with Crippen molar-refractivity contribution in [3.63, 3.8) is 0 Å². The van der Waals surface area contributed by atoms with Gasteiger partial charge in [-0.1, -0.05) is 24.3 Å². The Hall–Kier alpha value is -2.56. The Morgan fingerprint density at radius 1 is 1.03 bits per heavy atom. The zero-order chi connectivity index (χ0) is 22.8. The van der Waals surface area contributed by atoms with Crippen LogP contribution in [-0.2, 0) is 6.42 Å². The molecule has 0 radical (unpaired) electrons. The van der Waals surface area contributed by atoms with Crippen LogP contribution in [0, 0.1) is 13.8 Å². The van der Waals surface area contributed by atoms with Gasteiger partial charge in [0.15, 0.2) is 0 Å². The molecule has 3 aromatic carbocycles. The number of halogens is 1. The van der Waals surface area contributed by atoms with Crippen molar-refractivity contribution in [2.75, 3.05) is 33.8 Å². The highest BCUT2D eigenvalue weighted by molar-refractivity contribution is 5.97. The van der Waals surface area contributed by atoms with Gasteiger partial charge in [-0.15, -0.1) is 12.4 Å². The number of methoxy groups -OCH3 is 1. The molecule has 1 aliphatic heterocycles. The van der Waals surface area contributed by atoms with Crippen LogP contribution in [-0.4, -0.2) is 49.5 Å². The summed E-state index contributed by atoms with van der Waals surface area (Å²) in [4.78, 5) is 17.4. The SMILES string of the molecule is COc1ccc2cc(C(C)N(C)CCCN3CCc4cc(C)c(C)cc4C3=O)ccc2c1.Cl. The van der Waals surface area contributed by atoms with E-state index in [0.717, 1.165) is 43.8 Å². The van der Waals surface area contributed by atoms with Crippen LogP contribution in [0.3, 0.4) is 0 Å². The lowest BCUT2D eigenvalue weighted by Gasteiger charge is -2.31. The van der Waals surface area contributed by atoms with E-state index in [0.29, 0.717) is 6.04 Å². The van der Waals surface area contributed by atoms with Crippen molar-refractivity contribution in [1.82, 2.24) is 9.80 Å². The largest absolute Gasteiger partial charge is 0.497 e. The lowest BCUT2D eigenvalue weighted by atomic mass is 9.94. The zero-order valence-electron chi connectivity index (χ0n) is 20.4. The smallest absolute Gasteiger partial charge is 0.254 e. The van der Waals surface area contributed by atoms with Crippen molar-refractivity contribution in [3.05, 3.63) is 76.3 Å². The third kappa shape index (κ3) is 5.34. The summed E-state index contributed by atoms with van der Waals surface area (Å²) >= 11 is 0. The molecule has 1 aliphatic rings. The third-order valence-electron chi connectivity index (χ3n) is 7.04. The van der Waals surface area contributed by atoms with E-state index >= 15 is 0 Å². The number of nitrogens with zero attached hydrogens (tertiary/aromatic N) is 2. The summed E-state index contributed by atoms with van der Waals surface area (Å²) in [5, 5.41) is 2.42. The maximum Gasteiger partial charge on any atom is 0.254 e. The predicted octanol–water partition coefficient (Wildman–Crippen LogP) is 5.97. The number of hydrogen-bond acceptors (Lipinski definition) is 3. The minimum absolute atomic E-state index is 0. The molecule has 1 unspecified atom stereocenters. The van der Waals surface area contributed by atoms with Crippen LogP contribution in [0.1, 0.15) is 52.0 Å². The highest BCUT2D eigenvalue weighted by Crippen LogP contribution is 2.27.